The van der Waals surface area contributed by atoms with E-state index in [0.717, 1.165) is 0 Å². The van der Waals surface area contributed by atoms with Crippen LogP contribution in [0.25, 0.3) is 0 Å². The maximum absolute atomic E-state index is 13.8. The zero-order valence-corrected chi connectivity index (χ0v) is 15.9. The molecule has 1 fully saturated rings. The Balaban J connectivity index is 1.50. The fourth-order valence-corrected chi connectivity index (χ4v) is 3.29. The first kappa shape index (κ1) is 20.2. The number of piperazine rings is 1. The number of benzene rings is 2. The largest absolute Gasteiger partial charge is 0.319 e. The molecule has 9 heteroatoms. The van der Waals surface area contributed by atoms with Crippen molar-refractivity contribution in [1.29, 1.82) is 0 Å². The summed E-state index contributed by atoms with van der Waals surface area (Å²) in [7, 11) is 0. The standard InChI is InChI=1S/C19H20ClFN4O3/c20-15-5-6-17(18(11-15)25(27)28)22-19(26)13-24-9-7-23(8-10-24)12-14-3-1-2-4-16(14)21/h1-6,11H,7-10,12-13H2,(H,22,26). The van der Waals surface area contributed by atoms with E-state index in [2.05, 4.69) is 10.2 Å². The molecule has 1 saturated heterocycles. The molecule has 0 saturated carbocycles. The second kappa shape index (κ2) is 9.09. The number of nitrogens with zero attached hydrogens (tertiary/aromatic N) is 3. The van der Waals surface area contributed by atoms with E-state index in [0.29, 0.717) is 38.3 Å². The lowest BCUT2D eigenvalue weighted by molar-refractivity contribution is -0.383. The summed E-state index contributed by atoms with van der Waals surface area (Å²) in [5.74, 6) is -0.540. The number of hydrogen-bond acceptors (Lipinski definition) is 5. The predicted octanol–water partition coefficient (Wildman–Crippen LogP) is 3.14. The van der Waals surface area contributed by atoms with Gasteiger partial charge in [0, 0.05) is 49.4 Å². The third-order valence-electron chi connectivity index (χ3n) is 4.61. The number of nitro groups is 1. The molecule has 2 aromatic rings. The number of carbonyl (C=O) groups excluding carboxylic acids is 1. The molecule has 0 aliphatic carbocycles. The quantitative estimate of drug-likeness (QED) is 0.589. The molecule has 0 aromatic heterocycles. The highest BCUT2D eigenvalue weighted by Gasteiger charge is 2.21. The number of hydrogen-bond donors (Lipinski definition) is 1. The van der Waals surface area contributed by atoms with Gasteiger partial charge in [0.15, 0.2) is 0 Å². The number of rotatable bonds is 6. The van der Waals surface area contributed by atoms with E-state index in [1.807, 2.05) is 11.0 Å². The van der Waals surface area contributed by atoms with Gasteiger partial charge in [-0.1, -0.05) is 29.8 Å². The normalized spacial score (nSPS) is 15.4. The van der Waals surface area contributed by atoms with Crippen LogP contribution >= 0.6 is 11.6 Å². The minimum absolute atomic E-state index is 0.123. The van der Waals surface area contributed by atoms with Crippen LogP contribution in [0, 0.1) is 15.9 Å². The molecule has 1 heterocycles. The van der Waals surface area contributed by atoms with E-state index < -0.39 is 4.92 Å². The SMILES string of the molecule is O=C(CN1CCN(Cc2ccccc2F)CC1)Nc1ccc(Cl)cc1[N+](=O)[O-]. The second-order valence-electron chi connectivity index (χ2n) is 6.61. The van der Waals surface area contributed by atoms with Crippen LogP contribution in [0.1, 0.15) is 5.56 Å². The smallest absolute Gasteiger partial charge is 0.294 e. The van der Waals surface area contributed by atoms with Gasteiger partial charge < -0.3 is 5.32 Å². The molecule has 148 valence electrons. The van der Waals surface area contributed by atoms with Crippen LogP contribution in [-0.4, -0.2) is 53.4 Å². The first-order chi connectivity index (χ1) is 13.4. The van der Waals surface area contributed by atoms with Gasteiger partial charge in [-0.25, -0.2) is 4.39 Å². The van der Waals surface area contributed by atoms with Crippen molar-refractivity contribution in [2.45, 2.75) is 6.54 Å². The Kier molecular flexibility index (Phi) is 6.56. The topological polar surface area (TPSA) is 78.7 Å². The summed E-state index contributed by atoms with van der Waals surface area (Å²) in [5, 5.41) is 13.9. The third-order valence-corrected chi connectivity index (χ3v) is 4.85. The van der Waals surface area contributed by atoms with Crippen LogP contribution in [0.3, 0.4) is 0 Å². The van der Waals surface area contributed by atoms with Gasteiger partial charge in [-0.15, -0.1) is 0 Å². The maximum atomic E-state index is 13.8. The predicted molar refractivity (Wildman–Crippen MR) is 105 cm³/mol. The van der Waals surface area contributed by atoms with E-state index in [1.54, 1.807) is 12.1 Å². The van der Waals surface area contributed by atoms with Crippen LogP contribution in [-0.2, 0) is 11.3 Å². The second-order valence-corrected chi connectivity index (χ2v) is 7.05. The molecule has 1 aliphatic heterocycles. The molecular formula is C19H20ClFN4O3. The van der Waals surface area contributed by atoms with E-state index in [1.165, 1.54) is 24.3 Å². The molecular weight excluding hydrogens is 387 g/mol. The Hall–Kier alpha value is -2.55. The molecule has 7 nitrogen and oxygen atoms in total. The van der Waals surface area contributed by atoms with Crippen molar-refractivity contribution in [2.24, 2.45) is 0 Å². The summed E-state index contributed by atoms with van der Waals surface area (Å²) in [4.78, 5) is 26.9. The van der Waals surface area contributed by atoms with Gasteiger partial charge in [0.25, 0.3) is 5.69 Å². The molecule has 0 bridgehead atoms. The monoisotopic (exact) mass is 406 g/mol. The molecule has 28 heavy (non-hydrogen) atoms. The Labute approximate surface area is 166 Å². The molecule has 0 unspecified atom stereocenters. The molecule has 3 rings (SSSR count). The van der Waals surface area contributed by atoms with Crippen LogP contribution in [0.4, 0.5) is 15.8 Å². The lowest BCUT2D eigenvalue weighted by atomic mass is 10.2. The van der Waals surface area contributed by atoms with Gasteiger partial charge >= 0.3 is 0 Å². The molecule has 1 aliphatic rings. The highest BCUT2D eigenvalue weighted by molar-refractivity contribution is 6.31. The lowest BCUT2D eigenvalue weighted by Gasteiger charge is -2.34. The number of nitrogens with one attached hydrogen (secondary N) is 1. The average molecular weight is 407 g/mol. The first-order valence-electron chi connectivity index (χ1n) is 8.84. The van der Waals surface area contributed by atoms with Gasteiger partial charge in [-0.3, -0.25) is 24.7 Å². The lowest BCUT2D eigenvalue weighted by Crippen LogP contribution is -2.48. The van der Waals surface area contributed by atoms with Gasteiger partial charge in [0.1, 0.15) is 11.5 Å². The van der Waals surface area contributed by atoms with E-state index in [4.69, 9.17) is 11.6 Å². The molecule has 0 spiro atoms. The molecule has 1 N–H and O–H groups in total. The maximum Gasteiger partial charge on any atom is 0.294 e. The van der Waals surface area contributed by atoms with Gasteiger partial charge in [0.2, 0.25) is 5.91 Å². The summed E-state index contributed by atoms with van der Waals surface area (Å²) < 4.78 is 13.8. The Bertz CT molecular complexity index is 872. The van der Waals surface area contributed by atoms with Crippen molar-refractivity contribution in [3.63, 3.8) is 0 Å². The van der Waals surface area contributed by atoms with Crippen LogP contribution in [0.5, 0.6) is 0 Å². The fraction of sp³-hybridized carbons (Fsp3) is 0.316. The number of amides is 1. The summed E-state index contributed by atoms with van der Waals surface area (Å²) in [6.45, 7) is 3.40. The van der Waals surface area contributed by atoms with Gasteiger partial charge in [-0.2, -0.15) is 0 Å². The number of anilines is 1. The Morgan fingerprint density at radius 3 is 2.50 bits per heavy atom. The zero-order chi connectivity index (χ0) is 20.1. The number of halogens is 2. The summed E-state index contributed by atoms with van der Waals surface area (Å²) in [5.41, 5.74) is 0.539. The highest BCUT2D eigenvalue weighted by Crippen LogP contribution is 2.27. The zero-order valence-electron chi connectivity index (χ0n) is 15.1. The van der Waals surface area contributed by atoms with E-state index >= 15 is 0 Å². The van der Waals surface area contributed by atoms with Crippen LogP contribution < -0.4 is 5.32 Å². The number of carbonyl (C=O) groups is 1. The average Bonchev–Trinajstić information content (AvgIpc) is 2.66. The van der Waals surface area contributed by atoms with E-state index in [9.17, 15) is 19.3 Å². The van der Waals surface area contributed by atoms with Crippen molar-refractivity contribution in [1.82, 2.24) is 9.80 Å². The molecule has 1 amide bonds. The van der Waals surface area contributed by atoms with Crippen molar-refractivity contribution in [2.75, 3.05) is 38.0 Å². The third kappa shape index (κ3) is 5.25. The number of nitro benzene ring substituents is 1. The van der Waals surface area contributed by atoms with Crippen molar-refractivity contribution < 1.29 is 14.1 Å². The summed E-state index contributed by atoms with van der Waals surface area (Å²) in [6, 6.07) is 10.8. The highest BCUT2D eigenvalue weighted by atomic mass is 35.5. The Morgan fingerprint density at radius 1 is 1.14 bits per heavy atom. The van der Waals surface area contributed by atoms with Gasteiger partial charge in [0.05, 0.1) is 11.5 Å². The molecule has 0 radical (unpaired) electrons. The van der Waals surface area contributed by atoms with Crippen molar-refractivity contribution in [3.8, 4) is 0 Å². The van der Waals surface area contributed by atoms with E-state index in [-0.39, 0.29) is 34.7 Å². The Morgan fingerprint density at radius 2 is 1.82 bits per heavy atom. The first-order valence-corrected chi connectivity index (χ1v) is 9.22. The van der Waals surface area contributed by atoms with Crippen molar-refractivity contribution >= 4 is 28.9 Å². The molecule has 0 atom stereocenters. The van der Waals surface area contributed by atoms with Crippen LogP contribution in [0.2, 0.25) is 5.02 Å². The van der Waals surface area contributed by atoms with Crippen LogP contribution in [0.15, 0.2) is 42.5 Å². The fourth-order valence-electron chi connectivity index (χ4n) is 3.13. The van der Waals surface area contributed by atoms with Crippen molar-refractivity contribution in [3.05, 3.63) is 69.0 Å². The summed E-state index contributed by atoms with van der Waals surface area (Å²) >= 11 is 5.78. The molecule has 2 aromatic carbocycles. The summed E-state index contributed by atoms with van der Waals surface area (Å²) in [6.07, 6.45) is 0. The van der Waals surface area contributed by atoms with Gasteiger partial charge in [-0.05, 0) is 18.2 Å². The minimum atomic E-state index is -0.580. The minimum Gasteiger partial charge on any atom is -0.319 e.